The van der Waals surface area contributed by atoms with Crippen LogP contribution >= 0.6 is 0 Å². The molecule has 0 saturated carbocycles. The predicted molar refractivity (Wildman–Crippen MR) is 72.9 cm³/mol. The molecule has 90 valence electrons. The van der Waals surface area contributed by atoms with E-state index in [0.717, 1.165) is 24.0 Å². The second-order valence-corrected chi connectivity index (χ2v) is 3.73. The van der Waals surface area contributed by atoms with Gasteiger partial charge in [-0.1, -0.05) is 12.1 Å². The Morgan fingerprint density at radius 1 is 0.833 bits per heavy atom. The lowest BCUT2D eigenvalue weighted by Crippen LogP contribution is -1.87. The smallest absolute Gasteiger partial charge is 0.0314 e. The molecule has 0 bridgehead atoms. The number of hydrogen-bond donors (Lipinski definition) is 0. The fourth-order valence-electron chi connectivity index (χ4n) is 1.42. The first-order valence-corrected chi connectivity index (χ1v) is 5.76. The summed E-state index contributed by atoms with van der Waals surface area (Å²) in [6, 6.07) is 7.85. The van der Waals surface area contributed by atoms with Gasteiger partial charge in [-0.25, -0.2) is 0 Å². The fourth-order valence-corrected chi connectivity index (χ4v) is 1.42. The predicted octanol–water partition coefficient (Wildman–Crippen LogP) is 2.32. The standard InChI is InChI=1S/C14H14N4/c1-3-13(11-15-7-1)5-9-17-18-10-6-14-4-2-8-16-12-14/h1-4,7-12H,5-6H2. The lowest BCUT2D eigenvalue weighted by atomic mass is 10.2. The highest BCUT2D eigenvalue weighted by Gasteiger charge is 1.88. The van der Waals surface area contributed by atoms with Crippen molar-refractivity contribution in [2.45, 2.75) is 12.8 Å². The van der Waals surface area contributed by atoms with Crippen molar-refractivity contribution in [2.24, 2.45) is 10.2 Å². The second-order valence-electron chi connectivity index (χ2n) is 3.73. The first-order valence-electron chi connectivity index (χ1n) is 5.76. The summed E-state index contributed by atoms with van der Waals surface area (Å²) in [6.07, 6.45) is 12.2. The lowest BCUT2D eigenvalue weighted by Gasteiger charge is -1.92. The maximum atomic E-state index is 4.03. The van der Waals surface area contributed by atoms with E-state index in [9.17, 15) is 0 Å². The molecular weight excluding hydrogens is 224 g/mol. The van der Waals surface area contributed by atoms with E-state index in [4.69, 9.17) is 0 Å². The van der Waals surface area contributed by atoms with E-state index >= 15 is 0 Å². The highest BCUT2D eigenvalue weighted by Crippen LogP contribution is 1.96. The fraction of sp³-hybridized carbons (Fsp3) is 0.143. The van der Waals surface area contributed by atoms with Gasteiger partial charge in [-0.2, -0.15) is 10.2 Å². The van der Waals surface area contributed by atoms with Crippen LogP contribution in [0.4, 0.5) is 0 Å². The van der Waals surface area contributed by atoms with E-state index in [0.29, 0.717) is 0 Å². The summed E-state index contributed by atoms with van der Waals surface area (Å²) in [7, 11) is 0. The van der Waals surface area contributed by atoms with Crippen LogP contribution in [0, 0.1) is 0 Å². The molecule has 0 radical (unpaired) electrons. The highest BCUT2D eigenvalue weighted by molar-refractivity contribution is 5.64. The van der Waals surface area contributed by atoms with Crippen LogP contribution in [0.1, 0.15) is 11.1 Å². The van der Waals surface area contributed by atoms with E-state index in [-0.39, 0.29) is 0 Å². The summed E-state index contributed by atoms with van der Waals surface area (Å²) in [5.41, 5.74) is 2.26. The Morgan fingerprint density at radius 2 is 1.33 bits per heavy atom. The van der Waals surface area contributed by atoms with Crippen molar-refractivity contribution < 1.29 is 0 Å². The van der Waals surface area contributed by atoms with Crippen molar-refractivity contribution in [3.8, 4) is 0 Å². The maximum absolute atomic E-state index is 4.03. The molecule has 2 rings (SSSR count). The number of pyridine rings is 2. The highest BCUT2D eigenvalue weighted by atomic mass is 15.2. The molecule has 0 aliphatic rings. The molecule has 0 amide bonds. The second kappa shape index (κ2) is 7.06. The van der Waals surface area contributed by atoms with Gasteiger partial charge in [-0.05, 0) is 23.3 Å². The molecule has 2 aromatic rings. The summed E-state index contributed by atoms with van der Waals surface area (Å²) < 4.78 is 0. The van der Waals surface area contributed by atoms with Gasteiger partial charge in [0.1, 0.15) is 0 Å². The third-order valence-electron chi connectivity index (χ3n) is 2.33. The van der Waals surface area contributed by atoms with Crippen molar-refractivity contribution in [1.29, 1.82) is 0 Å². The molecule has 0 aliphatic heterocycles. The van der Waals surface area contributed by atoms with E-state index in [1.807, 2.05) is 36.7 Å². The average Bonchev–Trinajstić information content (AvgIpc) is 2.45. The molecule has 4 nitrogen and oxygen atoms in total. The monoisotopic (exact) mass is 238 g/mol. The van der Waals surface area contributed by atoms with Crippen LogP contribution in [0.15, 0.2) is 59.3 Å². The zero-order valence-corrected chi connectivity index (χ0v) is 9.98. The van der Waals surface area contributed by atoms with Crippen molar-refractivity contribution >= 4 is 12.4 Å². The largest absolute Gasteiger partial charge is 0.264 e. The van der Waals surface area contributed by atoms with Gasteiger partial charge in [0.05, 0.1) is 0 Å². The average molecular weight is 238 g/mol. The SMILES string of the molecule is C(Cc1cccnc1)=NN=CCc1cccnc1. The van der Waals surface area contributed by atoms with E-state index in [1.54, 1.807) is 24.8 Å². The summed E-state index contributed by atoms with van der Waals surface area (Å²) >= 11 is 0. The minimum Gasteiger partial charge on any atom is -0.264 e. The molecule has 2 heterocycles. The topological polar surface area (TPSA) is 50.5 Å². The lowest BCUT2D eigenvalue weighted by molar-refractivity contribution is 1.17. The molecule has 0 fully saturated rings. The van der Waals surface area contributed by atoms with Crippen molar-refractivity contribution in [3.63, 3.8) is 0 Å². The zero-order chi connectivity index (χ0) is 12.5. The molecule has 0 atom stereocenters. The zero-order valence-electron chi connectivity index (χ0n) is 9.98. The summed E-state index contributed by atoms with van der Waals surface area (Å²) in [5.74, 6) is 0. The molecule has 4 heteroatoms. The molecular formula is C14H14N4. The Labute approximate surface area is 106 Å². The Balaban J connectivity index is 1.75. The maximum Gasteiger partial charge on any atom is 0.0314 e. The van der Waals surface area contributed by atoms with E-state index in [1.165, 1.54) is 0 Å². The molecule has 0 aromatic carbocycles. The van der Waals surface area contributed by atoms with Crippen LogP contribution in [0.2, 0.25) is 0 Å². The van der Waals surface area contributed by atoms with Crippen LogP contribution < -0.4 is 0 Å². The summed E-state index contributed by atoms with van der Waals surface area (Å²) in [5, 5.41) is 7.96. The number of rotatable bonds is 5. The van der Waals surface area contributed by atoms with Gasteiger partial charge in [0.2, 0.25) is 0 Å². The quantitative estimate of drug-likeness (QED) is 0.593. The minimum absolute atomic E-state index is 0.748. The number of nitrogens with zero attached hydrogens (tertiary/aromatic N) is 4. The van der Waals surface area contributed by atoms with E-state index < -0.39 is 0 Å². The van der Waals surface area contributed by atoms with Crippen LogP contribution in [-0.4, -0.2) is 22.4 Å². The van der Waals surface area contributed by atoms with Gasteiger partial charge in [0, 0.05) is 50.1 Å². The first kappa shape index (κ1) is 12.1. The molecule has 0 spiro atoms. The third kappa shape index (κ3) is 4.25. The molecule has 0 unspecified atom stereocenters. The van der Waals surface area contributed by atoms with Gasteiger partial charge in [-0.15, -0.1) is 0 Å². The molecule has 0 saturated heterocycles. The molecule has 0 N–H and O–H groups in total. The summed E-state index contributed by atoms with van der Waals surface area (Å²) in [4.78, 5) is 8.06. The van der Waals surface area contributed by atoms with Gasteiger partial charge in [0.25, 0.3) is 0 Å². The number of hydrogen-bond acceptors (Lipinski definition) is 4. The van der Waals surface area contributed by atoms with Crippen LogP contribution in [0.3, 0.4) is 0 Å². The molecule has 18 heavy (non-hydrogen) atoms. The van der Waals surface area contributed by atoms with Gasteiger partial charge in [0.15, 0.2) is 0 Å². The van der Waals surface area contributed by atoms with Crippen molar-refractivity contribution in [2.75, 3.05) is 0 Å². The Kier molecular flexibility index (Phi) is 4.75. The van der Waals surface area contributed by atoms with E-state index in [2.05, 4.69) is 20.2 Å². The van der Waals surface area contributed by atoms with Gasteiger partial charge >= 0.3 is 0 Å². The first-order chi connectivity index (χ1) is 8.95. The Morgan fingerprint density at radius 3 is 1.72 bits per heavy atom. The molecule has 2 aromatic heterocycles. The van der Waals surface area contributed by atoms with Crippen molar-refractivity contribution in [3.05, 3.63) is 60.2 Å². The van der Waals surface area contributed by atoms with Crippen LogP contribution in [0.25, 0.3) is 0 Å². The molecule has 0 aliphatic carbocycles. The summed E-state index contributed by atoms with van der Waals surface area (Å²) in [6.45, 7) is 0. The van der Waals surface area contributed by atoms with Crippen LogP contribution in [-0.2, 0) is 12.8 Å². The number of aromatic nitrogens is 2. The Hall–Kier alpha value is -2.36. The van der Waals surface area contributed by atoms with Gasteiger partial charge in [-0.3, -0.25) is 9.97 Å². The third-order valence-corrected chi connectivity index (χ3v) is 2.33. The van der Waals surface area contributed by atoms with Crippen molar-refractivity contribution in [1.82, 2.24) is 9.97 Å². The Bertz CT molecular complexity index is 456. The normalized spacial score (nSPS) is 11.3. The van der Waals surface area contributed by atoms with Crippen LogP contribution in [0.5, 0.6) is 0 Å². The minimum atomic E-state index is 0.748. The van der Waals surface area contributed by atoms with Gasteiger partial charge < -0.3 is 0 Å².